The van der Waals surface area contributed by atoms with E-state index in [1.807, 2.05) is 0 Å². The van der Waals surface area contributed by atoms with Crippen LogP contribution in [0.25, 0.3) is 0 Å². The van der Waals surface area contributed by atoms with Gasteiger partial charge in [0.15, 0.2) is 24.8 Å². The Labute approximate surface area is 355 Å². The summed E-state index contributed by atoms with van der Waals surface area (Å²) in [6, 6.07) is 0. The third-order valence-corrected chi connectivity index (χ3v) is 18.0. The molecule has 0 aromatic heterocycles. The fourth-order valence-electron chi connectivity index (χ4n) is 14.8. The Kier molecular flexibility index (Phi) is 12.1. The molecule has 15 nitrogen and oxygen atoms in total. The largest absolute Gasteiger partial charge is 0.457 e. The number of ether oxygens (including phenoxy) is 7. The fraction of sp³-hybridized carbons (Fsp3) is 0.956. The van der Waals surface area contributed by atoms with Crippen LogP contribution in [0.5, 0.6) is 0 Å². The van der Waals surface area contributed by atoms with E-state index in [2.05, 4.69) is 48.5 Å². The summed E-state index contributed by atoms with van der Waals surface area (Å²) in [5.74, 6) is -1.67. The van der Waals surface area contributed by atoms with Crippen molar-refractivity contribution < 1.29 is 73.4 Å². The third kappa shape index (κ3) is 7.20. The number of esters is 2. The first kappa shape index (κ1) is 46.5. The van der Waals surface area contributed by atoms with Crippen LogP contribution < -0.4 is 0 Å². The molecule has 4 aliphatic carbocycles. The zero-order valence-corrected chi connectivity index (χ0v) is 37.6. The molecule has 0 spiro atoms. The van der Waals surface area contributed by atoms with Gasteiger partial charge in [0, 0.05) is 19.8 Å². The minimum Gasteiger partial charge on any atom is -0.457 e. The highest BCUT2D eigenvalue weighted by molar-refractivity contribution is 5.67. The van der Waals surface area contributed by atoms with E-state index >= 15 is 0 Å². The van der Waals surface area contributed by atoms with Gasteiger partial charge in [-0.2, -0.15) is 0 Å². The number of hydrogen-bond donors (Lipinski definition) is 6. The van der Waals surface area contributed by atoms with Crippen molar-refractivity contribution in [3.05, 3.63) is 0 Å². The molecule has 3 heterocycles. The molecule has 60 heavy (non-hydrogen) atoms. The summed E-state index contributed by atoms with van der Waals surface area (Å²) >= 11 is 0. The van der Waals surface area contributed by atoms with Crippen LogP contribution in [0.3, 0.4) is 0 Å². The van der Waals surface area contributed by atoms with Crippen LogP contribution in [0.1, 0.15) is 128 Å². The summed E-state index contributed by atoms with van der Waals surface area (Å²) in [7, 11) is 0. The van der Waals surface area contributed by atoms with Crippen molar-refractivity contribution in [1.82, 2.24) is 0 Å². The highest BCUT2D eigenvalue weighted by atomic mass is 16.7. The van der Waals surface area contributed by atoms with Crippen molar-refractivity contribution in [1.29, 1.82) is 0 Å². The van der Waals surface area contributed by atoms with Crippen LogP contribution in [0.2, 0.25) is 0 Å². The Morgan fingerprint density at radius 2 is 1.27 bits per heavy atom. The topological polar surface area (TPSA) is 220 Å². The van der Waals surface area contributed by atoms with Gasteiger partial charge in [0.25, 0.3) is 0 Å². The van der Waals surface area contributed by atoms with Crippen LogP contribution in [0.15, 0.2) is 0 Å². The van der Waals surface area contributed by atoms with E-state index < -0.39 is 101 Å². The standard InChI is InChI=1S/C45H74O15/c1-22(46)56-27-21-55-38(34(32(27)51)57-23(2)47)59-29-12-14-42(8)36(39(29,3)4)26(58-37-33(52)31(50)25(49)20-54-37)18-28-41(42,7)16-17-43(9)35(24(48)19-44(28,43)10)45(11)15-13-30(60-45)40(5,6)53/h24-38,48-53H,12-21H2,1-11H3/t24-,25+,26-,27+,28+,29-,30-,31-,32-,33+,34+,35-,36-,37-,38-,41+,42-,43+,44-,45+/m0/s1. The first-order valence-corrected chi connectivity index (χ1v) is 22.3. The van der Waals surface area contributed by atoms with Gasteiger partial charge in [0.1, 0.15) is 24.4 Å². The first-order chi connectivity index (χ1) is 27.6. The number of aliphatic hydroxyl groups is 6. The SMILES string of the molecule is CC(=O)O[C@H]1[C@H](O[C@H]2CC[C@@]3(C)[C@@H]([C@@H](O[C@@H]4OC[C@@H](O)[C@H](O)[C@H]4O)C[C@H]4[C@]5(C)C[C@H](O)[C@H]([C@@]6(C)CC[C@@H](C(C)(C)O)O6)[C@@]5(C)CC[C@]43C)C2(C)C)OC[C@@H](OC(C)=O)[C@@H]1O. The van der Waals surface area contributed by atoms with Crippen molar-refractivity contribution in [3.63, 3.8) is 0 Å². The lowest BCUT2D eigenvalue weighted by atomic mass is 9.32. The smallest absolute Gasteiger partial charge is 0.303 e. The molecule has 0 aromatic rings. The Balaban J connectivity index is 1.25. The molecule has 7 aliphatic rings. The van der Waals surface area contributed by atoms with Gasteiger partial charge in [-0.05, 0) is 111 Å². The molecule has 0 aromatic carbocycles. The highest BCUT2D eigenvalue weighted by Gasteiger charge is 2.77. The van der Waals surface area contributed by atoms with Crippen LogP contribution in [-0.2, 0) is 42.7 Å². The zero-order chi connectivity index (χ0) is 44.3. The van der Waals surface area contributed by atoms with Gasteiger partial charge in [-0.1, -0.05) is 41.5 Å². The van der Waals surface area contributed by atoms with Crippen molar-refractivity contribution in [2.24, 2.45) is 44.8 Å². The number of carbonyl (C=O) groups is 2. The highest BCUT2D eigenvalue weighted by Crippen LogP contribution is 2.79. The van der Waals surface area contributed by atoms with E-state index in [9.17, 15) is 40.2 Å². The summed E-state index contributed by atoms with van der Waals surface area (Å²) in [6.45, 7) is 21.4. The predicted octanol–water partition coefficient (Wildman–Crippen LogP) is 3.14. The quantitative estimate of drug-likeness (QED) is 0.153. The Bertz CT molecular complexity index is 1620. The molecule has 7 rings (SSSR count). The normalized spacial score (nSPS) is 52.8. The molecule has 3 saturated heterocycles. The maximum Gasteiger partial charge on any atom is 0.303 e. The van der Waals surface area contributed by atoms with Crippen molar-refractivity contribution in [3.8, 4) is 0 Å². The number of rotatable bonds is 8. The average molecular weight is 855 g/mol. The van der Waals surface area contributed by atoms with Gasteiger partial charge in [0.05, 0.1) is 48.8 Å². The molecular weight excluding hydrogens is 780 g/mol. The second-order valence-electron chi connectivity index (χ2n) is 22.1. The lowest BCUT2D eigenvalue weighted by Gasteiger charge is -2.73. The van der Waals surface area contributed by atoms with Gasteiger partial charge in [-0.15, -0.1) is 0 Å². The van der Waals surface area contributed by atoms with Gasteiger partial charge in [0.2, 0.25) is 0 Å². The summed E-state index contributed by atoms with van der Waals surface area (Å²) in [5, 5.41) is 67.0. The van der Waals surface area contributed by atoms with E-state index in [4.69, 9.17) is 33.2 Å². The van der Waals surface area contributed by atoms with Gasteiger partial charge in [-0.3, -0.25) is 9.59 Å². The van der Waals surface area contributed by atoms with E-state index in [1.165, 1.54) is 13.8 Å². The van der Waals surface area contributed by atoms with E-state index in [1.54, 1.807) is 13.8 Å². The summed E-state index contributed by atoms with van der Waals surface area (Å²) in [5.41, 5.74) is -3.76. The minimum absolute atomic E-state index is 0.0256. The zero-order valence-electron chi connectivity index (χ0n) is 37.6. The lowest BCUT2D eigenvalue weighted by Crippen LogP contribution is -2.71. The third-order valence-electron chi connectivity index (χ3n) is 18.0. The summed E-state index contributed by atoms with van der Waals surface area (Å²) < 4.78 is 43.4. The number of fused-ring (bicyclic) bond motifs is 5. The number of aliphatic hydroxyl groups excluding tert-OH is 5. The molecule has 4 saturated carbocycles. The van der Waals surface area contributed by atoms with Crippen LogP contribution in [0.4, 0.5) is 0 Å². The van der Waals surface area contributed by atoms with Crippen molar-refractivity contribution in [2.45, 2.75) is 212 Å². The number of carbonyl (C=O) groups excluding carboxylic acids is 2. The van der Waals surface area contributed by atoms with E-state index in [0.717, 1.165) is 19.3 Å². The molecule has 0 bridgehead atoms. The summed E-state index contributed by atoms with van der Waals surface area (Å²) in [6.07, 6.45) is -6.87. The molecule has 0 amide bonds. The average Bonchev–Trinajstić information content (AvgIpc) is 3.64. The van der Waals surface area contributed by atoms with Gasteiger partial charge in [-0.25, -0.2) is 0 Å². The molecule has 344 valence electrons. The molecule has 15 heteroatoms. The minimum atomic E-state index is -1.51. The Morgan fingerprint density at radius 3 is 1.88 bits per heavy atom. The van der Waals surface area contributed by atoms with E-state index in [-0.39, 0.29) is 53.3 Å². The van der Waals surface area contributed by atoms with Crippen LogP contribution >= 0.6 is 0 Å². The van der Waals surface area contributed by atoms with Crippen LogP contribution in [-0.4, -0.2) is 141 Å². The summed E-state index contributed by atoms with van der Waals surface area (Å²) in [4.78, 5) is 24.1. The monoisotopic (exact) mass is 855 g/mol. The molecule has 6 N–H and O–H groups in total. The maximum absolute atomic E-state index is 12.3. The molecule has 20 atom stereocenters. The molecule has 0 unspecified atom stereocenters. The van der Waals surface area contributed by atoms with Crippen molar-refractivity contribution in [2.75, 3.05) is 13.2 Å². The van der Waals surface area contributed by atoms with Crippen LogP contribution in [0, 0.1) is 44.8 Å². The Morgan fingerprint density at radius 1 is 0.650 bits per heavy atom. The molecule has 3 aliphatic heterocycles. The Hall–Kier alpha value is -1.50. The van der Waals surface area contributed by atoms with E-state index in [0.29, 0.717) is 32.1 Å². The predicted molar refractivity (Wildman–Crippen MR) is 214 cm³/mol. The second-order valence-corrected chi connectivity index (χ2v) is 22.1. The van der Waals surface area contributed by atoms with Gasteiger partial charge < -0.3 is 63.8 Å². The lowest BCUT2D eigenvalue weighted by molar-refractivity contribution is -0.347. The molecule has 7 fully saturated rings. The fourth-order valence-corrected chi connectivity index (χ4v) is 14.8. The number of hydrogen-bond acceptors (Lipinski definition) is 15. The second kappa shape index (κ2) is 15.6. The van der Waals surface area contributed by atoms with Crippen molar-refractivity contribution >= 4 is 11.9 Å². The molecular formula is C45H74O15. The van der Waals surface area contributed by atoms with Gasteiger partial charge >= 0.3 is 11.9 Å². The molecule has 0 radical (unpaired) electrons. The maximum atomic E-state index is 12.3. The first-order valence-electron chi connectivity index (χ1n) is 22.3.